The summed E-state index contributed by atoms with van der Waals surface area (Å²) in [5, 5.41) is 2.64. The fourth-order valence-electron chi connectivity index (χ4n) is 1.56. The van der Waals surface area contributed by atoms with Crippen LogP contribution in [0.5, 0.6) is 0 Å². The predicted molar refractivity (Wildman–Crippen MR) is 70.2 cm³/mol. The van der Waals surface area contributed by atoms with E-state index in [1.165, 1.54) is 11.9 Å². The second kappa shape index (κ2) is 5.98. The summed E-state index contributed by atoms with van der Waals surface area (Å²) >= 11 is 0. The van der Waals surface area contributed by atoms with Gasteiger partial charge in [0.05, 0.1) is 12.1 Å². The monoisotopic (exact) mass is 290 g/mol. The Labute approximate surface area is 115 Å². The normalized spacial score (nSPS) is 11.6. The molecule has 0 aliphatic rings. The van der Waals surface area contributed by atoms with Gasteiger partial charge in [0, 0.05) is 13.1 Å². The zero-order valence-electron chi connectivity index (χ0n) is 11.5. The molecule has 0 aliphatic heterocycles. The number of likely N-dealkylation sites (N-methyl/N-ethyl adjacent to an activating group) is 1. The van der Waals surface area contributed by atoms with Crippen molar-refractivity contribution in [1.82, 2.24) is 10.3 Å². The topological polar surface area (TPSA) is 71.2 Å². The lowest BCUT2D eigenvalue weighted by Gasteiger charge is -2.20. The van der Waals surface area contributed by atoms with Crippen LogP contribution in [0.15, 0.2) is 12.1 Å². The molecule has 0 saturated heterocycles. The maximum Gasteiger partial charge on any atom is 0.416 e. The van der Waals surface area contributed by atoms with Crippen molar-refractivity contribution < 1.29 is 18.0 Å². The van der Waals surface area contributed by atoms with E-state index >= 15 is 0 Å². The van der Waals surface area contributed by atoms with E-state index in [1.54, 1.807) is 13.8 Å². The molecule has 0 bridgehead atoms. The van der Waals surface area contributed by atoms with Gasteiger partial charge in [0.25, 0.3) is 0 Å². The molecule has 3 N–H and O–H groups in total. The molecule has 1 aromatic rings. The fraction of sp³-hybridized carbons (Fsp3) is 0.500. The molecule has 1 heterocycles. The Kier molecular flexibility index (Phi) is 4.80. The van der Waals surface area contributed by atoms with Gasteiger partial charge >= 0.3 is 6.18 Å². The van der Waals surface area contributed by atoms with Crippen LogP contribution in [0.3, 0.4) is 0 Å². The number of carbonyl (C=O) groups is 1. The van der Waals surface area contributed by atoms with Gasteiger partial charge in [-0.05, 0) is 26.0 Å². The molecule has 112 valence electrons. The first-order valence-electron chi connectivity index (χ1n) is 5.95. The van der Waals surface area contributed by atoms with Gasteiger partial charge in [0.2, 0.25) is 5.91 Å². The number of nitrogens with zero attached hydrogens (tertiary/aromatic N) is 2. The minimum absolute atomic E-state index is 0.00349. The summed E-state index contributed by atoms with van der Waals surface area (Å²) in [4.78, 5) is 16.7. The van der Waals surface area contributed by atoms with Crippen LogP contribution in [-0.4, -0.2) is 30.5 Å². The molecule has 1 aromatic heterocycles. The summed E-state index contributed by atoms with van der Waals surface area (Å²) in [7, 11) is 1.47. The van der Waals surface area contributed by atoms with Crippen molar-refractivity contribution in [2.45, 2.75) is 26.1 Å². The predicted octanol–water partition coefficient (Wildman–Crippen LogP) is 1.64. The summed E-state index contributed by atoms with van der Waals surface area (Å²) in [6, 6.07) is 1.57. The van der Waals surface area contributed by atoms with Gasteiger partial charge in [-0.2, -0.15) is 13.2 Å². The van der Waals surface area contributed by atoms with Gasteiger partial charge in [-0.1, -0.05) is 0 Å². The number of nitrogens with one attached hydrogen (secondary N) is 1. The van der Waals surface area contributed by atoms with E-state index in [0.29, 0.717) is 0 Å². The lowest BCUT2D eigenvalue weighted by Crippen LogP contribution is -2.39. The summed E-state index contributed by atoms with van der Waals surface area (Å²) < 4.78 is 38.0. The molecule has 1 amide bonds. The standard InChI is InChI=1S/C12H17F3N4O/c1-7(2)17-11(20)6-19(3)10-5-8(12(13,14)15)4-9(16)18-10/h4-5,7H,6H2,1-3H3,(H2,16,18)(H,17,20). The SMILES string of the molecule is CC(C)NC(=O)CN(C)c1cc(C(F)(F)F)cc(N)n1. The average molecular weight is 290 g/mol. The highest BCUT2D eigenvalue weighted by Gasteiger charge is 2.31. The maximum absolute atomic E-state index is 12.7. The third-order valence-corrected chi connectivity index (χ3v) is 2.38. The maximum atomic E-state index is 12.7. The van der Waals surface area contributed by atoms with E-state index in [0.717, 1.165) is 12.1 Å². The summed E-state index contributed by atoms with van der Waals surface area (Å²) in [5.74, 6) is -0.553. The van der Waals surface area contributed by atoms with Gasteiger partial charge in [0.15, 0.2) is 0 Å². The average Bonchev–Trinajstić information content (AvgIpc) is 2.25. The Morgan fingerprint density at radius 1 is 1.45 bits per heavy atom. The molecule has 5 nitrogen and oxygen atoms in total. The minimum atomic E-state index is -4.51. The first-order valence-corrected chi connectivity index (χ1v) is 5.95. The van der Waals surface area contributed by atoms with Crippen LogP contribution in [0.4, 0.5) is 24.8 Å². The van der Waals surface area contributed by atoms with Crippen LogP contribution in [0.2, 0.25) is 0 Å². The molecule has 0 unspecified atom stereocenters. The molecule has 0 aliphatic carbocycles. The largest absolute Gasteiger partial charge is 0.416 e. The number of alkyl halides is 3. The van der Waals surface area contributed by atoms with Crippen molar-refractivity contribution in [3.05, 3.63) is 17.7 Å². The van der Waals surface area contributed by atoms with E-state index < -0.39 is 11.7 Å². The van der Waals surface area contributed by atoms with E-state index in [4.69, 9.17) is 5.73 Å². The number of hydrogen-bond donors (Lipinski definition) is 2. The number of amides is 1. The van der Waals surface area contributed by atoms with Crippen LogP contribution >= 0.6 is 0 Å². The molecule has 0 fully saturated rings. The Morgan fingerprint density at radius 3 is 2.55 bits per heavy atom. The van der Waals surface area contributed by atoms with Crippen molar-refractivity contribution in [1.29, 1.82) is 0 Å². The van der Waals surface area contributed by atoms with Crippen LogP contribution in [0.25, 0.3) is 0 Å². The minimum Gasteiger partial charge on any atom is -0.384 e. The van der Waals surface area contributed by atoms with Gasteiger partial charge in [-0.15, -0.1) is 0 Å². The van der Waals surface area contributed by atoms with Crippen molar-refractivity contribution in [2.24, 2.45) is 0 Å². The van der Waals surface area contributed by atoms with Gasteiger partial charge < -0.3 is 16.0 Å². The van der Waals surface area contributed by atoms with Crippen LogP contribution in [0.1, 0.15) is 19.4 Å². The highest BCUT2D eigenvalue weighted by molar-refractivity contribution is 5.81. The number of halogens is 3. The second-order valence-electron chi connectivity index (χ2n) is 4.71. The van der Waals surface area contributed by atoms with E-state index in [9.17, 15) is 18.0 Å². The van der Waals surface area contributed by atoms with Gasteiger partial charge in [-0.25, -0.2) is 4.98 Å². The smallest absolute Gasteiger partial charge is 0.384 e. The summed E-state index contributed by atoms with van der Waals surface area (Å²) in [5.41, 5.74) is 4.47. The zero-order valence-corrected chi connectivity index (χ0v) is 11.5. The first-order chi connectivity index (χ1) is 9.09. The zero-order chi connectivity index (χ0) is 15.5. The number of aromatic nitrogens is 1. The van der Waals surface area contributed by atoms with Crippen molar-refractivity contribution in [3.8, 4) is 0 Å². The number of hydrogen-bond acceptors (Lipinski definition) is 4. The van der Waals surface area contributed by atoms with Crippen molar-refractivity contribution in [2.75, 3.05) is 24.2 Å². The van der Waals surface area contributed by atoms with E-state index in [2.05, 4.69) is 10.3 Å². The molecule has 0 aromatic carbocycles. The fourth-order valence-corrected chi connectivity index (χ4v) is 1.56. The Morgan fingerprint density at radius 2 is 2.05 bits per heavy atom. The molecular weight excluding hydrogens is 273 g/mol. The summed E-state index contributed by atoms with van der Waals surface area (Å²) in [6.07, 6.45) is -4.51. The lowest BCUT2D eigenvalue weighted by atomic mass is 10.2. The quantitative estimate of drug-likeness (QED) is 0.884. The second-order valence-corrected chi connectivity index (χ2v) is 4.71. The molecular formula is C12H17F3N4O. The van der Waals surface area contributed by atoms with E-state index in [1.807, 2.05) is 0 Å². The number of nitrogen functional groups attached to an aromatic ring is 1. The third-order valence-electron chi connectivity index (χ3n) is 2.38. The summed E-state index contributed by atoms with van der Waals surface area (Å²) in [6.45, 7) is 3.47. The molecule has 20 heavy (non-hydrogen) atoms. The number of nitrogens with two attached hydrogens (primary N) is 1. The van der Waals surface area contributed by atoms with Crippen LogP contribution < -0.4 is 16.0 Å². The highest BCUT2D eigenvalue weighted by Crippen LogP contribution is 2.32. The molecule has 1 rings (SSSR count). The first kappa shape index (κ1) is 16.1. The lowest BCUT2D eigenvalue weighted by molar-refractivity contribution is -0.137. The number of rotatable bonds is 4. The number of carbonyl (C=O) groups excluding carboxylic acids is 1. The molecule has 0 radical (unpaired) electrons. The molecule has 0 saturated carbocycles. The van der Waals surface area contributed by atoms with Crippen LogP contribution in [0, 0.1) is 0 Å². The molecule has 0 atom stereocenters. The molecule has 8 heteroatoms. The number of anilines is 2. The number of pyridine rings is 1. The Balaban J connectivity index is 2.90. The van der Waals surface area contributed by atoms with Crippen LogP contribution in [-0.2, 0) is 11.0 Å². The van der Waals surface area contributed by atoms with Crippen molar-refractivity contribution in [3.63, 3.8) is 0 Å². The van der Waals surface area contributed by atoms with Gasteiger partial charge in [0.1, 0.15) is 11.6 Å². The Bertz CT molecular complexity index is 488. The Hall–Kier alpha value is -1.99. The highest BCUT2D eigenvalue weighted by atomic mass is 19.4. The van der Waals surface area contributed by atoms with Crippen molar-refractivity contribution >= 4 is 17.5 Å². The third kappa shape index (κ3) is 4.60. The van der Waals surface area contributed by atoms with Gasteiger partial charge in [-0.3, -0.25) is 4.79 Å². The van der Waals surface area contributed by atoms with E-state index in [-0.39, 0.29) is 30.1 Å². The molecule has 0 spiro atoms.